The van der Waals surface area contributed by atoms with E-state index in [1.807, 2.05) is 6.07 Å². The third-order valence-electron chi connectivity index (χ3n) is 4.83. The molecule has 0 radical (unpaired) electrons. The Bertz CT molecular complexity index is 581. The van der Waals surface area contributed by atoms with E-state index >= 15 is 0 Å². The van der Waals surface area contributed by atoms with Gasteiger partial charge < -0.3 is 16.0 Å². The molecule has 1 amide bonds. The van der Waals surface area contributed by atoms with Crippen LogP contribution >= 0.6 is 0 Å². The van der Waals surface area contributed by atoms with Crippen molar-refractivity contribution in [3.05, 3.63) is 33.7 Å². The van der Waals surface area contributed by atoms with Crippen molar-refractivity contribution in [2.24, 2.45) is 11.7 Å². The van der Waals surface area contributed by atoms with Crippen LogP contribution in [0, 0.1) is 5.92 Å². The highest BCUT2D eigenvalue weighted by Crippen LogP contribution is 2.29. The van der Waals surface area contributed by atoms with E-state index in [1.54, 1.807) is 0 Å². The van der Waals surface area contributed by atoms with Crippen molar-refractivity contribution in [1.82, 2.24) is 10.3 Å². The molecule has 1 saturated carbocycles. The molecule has 1 heterocycles. The van der Waals surface area contributed by atoms with Crippen LogP contribution in [-0.4, -0.2) is 16.9 Å². The van der Waals surface area contributed by atoms with E-state index in [0.29, 0.717) is 12.3 Å². The Morgan fingerprint density at radius 2 is 2.14 bits per heavy atom. The molecule has 114 valence electrons. The number of nitrogens with two attached hydrogens (primary N) is 1. The van der Waals surface area contributed by atoms with Crippen molar-refractivity contribution in [2.45, 2.75) is 57.0 Å². The second kappa shape index (κ2) is 6.02. The standard InChI is InChI=1S/C16H23N3O2/c17-12-4-1-3-10(12)9-16(21)19-14-6-2-5-13-11(14)7-8-15(20)18-13/h7-8,10,12,14H,1-6,9,17H2,(H,18,20)(H,19,21)/t10-,12+,14?/m0/s1. The molecule has 3 atom stereocenters. The Morgan fingerprint density at radius 3 is 2.90 bits per heavy atom. The molecule has 0 aromatic carbocycles. The van der Waals surface area contributed by atoms with Crippen molar-refractivity contribution in [2.75, 3.05) is 0 Å². The van der Waals surface area contributed by atoms with Crippen molar-refractivity contribution < 1.29 is 4.79 Å². The number of amides is 1. The highest BCUT2D eigenvalue weighted by molar-refractivity contribution is 5.77. The normalized spacial score (nSPS) is 28.1. The lowest BCUT2D eigenvalue weighted by Gasteiger charge is -2.26. The van der Waals surface area contributed by atoms with Gasteiger partial charge in [0.25, 0.3) is 0 Å². The fourth-order valence-corrected chi connectivity index (χ4v) is 3.66. The number of aromatic nitrogens is 1. The van der Waals surface area contributed by atoms with Gasteiger partial charge in [-0.15, -0.1) is 0 Å². The van der Waals surface area contributed by atoms with Gasteiger partial charge in [0.05, 0.1) is 6.04 Å². The van der Waals surface area contributed by atoms with Gasteiger partial charge in [0.1, 0.15) is 0 Å². The molecule has 0 aliphatic heterocycles. The molecule has 5 nitrogen and oxygen atoms in total. The minimum atomic E-state index is -0.0716. The average Bonchev–Trinajstić information content (AvgIpc) is 2.84. The van der Waals surface area contributed by atoms with Crippen LogP contribution in [0.1, 0.15) is 55.8 Å². The summed E-state index contributed by atoms with van der Waals surface area (Å²) in [5.74, 6) is 0.407. The van der Waals surface area contributed by atoms with E-state index < -0.39 is 0 Å². The fourth-order valence-electron chi connectivity index (χ4n) is 3.66. The molecule has 3 rings (SSSR count). The number of fused-ring (bicyclic) bond motifs is 1. The van der Waals surface area contributed by atoms with Crippen LogP contribution in [0.3, 0.4) is 0 Å². The zero-order chi connectivity index (χ0) is 14.8. The van der Waals surface area contributed by atoms with Crippen molar-refractivity contribution in [3.63, 3.8) is 0 Å². The molecule has 1 unspecified atom stereocenters. The predicted molar refractivity (Wildman–Crippen MR) is 80.8 cm³/mol. The Labute approximate surface area is 124 Å². The van der Waals surface area contributed by atoms with E-state index in [4.69, 9.17) is 5.73 Å². The summed E-state index contributed by atoms with van der Waals surface area (Å²) in [5, 5.41) is 3.13. The summed E-state index contributed by atoms with van der Waals surface area (Å²) in [6, 6.07) is 3.58. The van der Waals surface area contributed by atoms with Gasteiger partial charge in [0, 0.05) is 24.2 Å². The smallest absolute Gasteiger partial charge is 0.248 e. The molecule has 0 spiro atoms. The van der Waals surface area contributed by atoms with Crippen LogP contribution in [0.2, 0.25) is 0 Å². The third-order valence-corrected chi connectivity index (χ3v) is 4.83. The number of carbonyl (C=O) groups is 1. The summed E-state index contributed by atoms with van der Waals surface area (Å²) < 4.78 is 0. The first-order chi connectivity index (χ1) is 10.1. The molecule has 2 aliphatic carbocycles. The van der Waals surface area contributed by atoms with Gasteiger partial charge in [-0.25, -0.2) is 0 Å². The Hall–Kier alpha value is -1.62. The van der Waals surface area contributed by atoms with Crippen LogP contribution < -0.4 is 16.6 Å². The predicted octanol–water partition coefficient (Wildman–Crippen LogP) is 1.39. The van der Waals surface area contributed by atoms with Crippen LogP contribution in [0.4, 0.5) is 0 Å². The molecule has 4 N–H and O–H groups in total. The second-order valence-electron chi connectivity index (χ2n) is 6.33. The van der Waals surface area contributed by atoms with Crippen molar-refractivity contribution in [1.29, 1.82) is 0 Å². The van der Waals surface area contributed by atoms with E-state index in [2.05, 4.69) is 10.3 Å². The monoisotopic (exact) mass is 289 g/mol. The third kappa shape index (κ3) is 3.18. The number of carbonyl (C=O) groups excluding carboxylic acids is 1. The lowest BCUT2D eigenvalue weighted by molar-refractivity contribution is -0.122. The molecule has 21 heavy (non-hydrogen) atoms. The van der Waals surface area contributed by atoms with Gasteiger partial charge in [-0.05, 0) is 49.7 Å². The summed E-state index contributed by atoms with van der Waals surface area (Å²) in [4.78, 5) is 26.5. The summed E-state index contributed by atoms with van der Waals surface area (Å²) in [5.41, 5.74) is 7.99. The van der Waals surface area contributed by atoms with Crippen molar-refractivity contribution >= 4 is 5.91 Å². The Morgan fingerprint density at radius 1 is 1.29 bits per heavy atom. The highest BCUT2D eigenvalue weighted by atomic mass is 16.1. The van der Waals surface area contributed by atoms with Gasteiger partial charge in [-0.2, -0.15) is 0 Å². The first-order valence-electron chi connectivity index (χ1n) is 7.90. The number of hydrogen-bond donors (Lipinski definition) is 3. The quantitative estimate of drug-likeness (QED) is 0.785. The number of pyridine rings is 1. The summed E-state index contributed by atoms with van der Waals surface area (Å²) in [6.07, 6.45) is 6.55. The Balaban J connectivity index is 1.66. The number of aromatic amines is 1. The largest absolute Gasteiger partial charge is 0.349 e. The number of hydrogen-bond acceptors (Lipinski definition) is 3. The minimum absolute atomic E-state index is 0.0238. The average molecular weight is 289 g/mol. The highest BCUT2D eigenvalue weighted by Gasteiger charge is 2.28. The number of aryl methyl sites for hydroxylation is 1. The number of H-pyrrole nitrogens is 1. The van der Waals surface area contributed by atoms with Gasteiger partial charge >= 0.3 is 0 Å². The van der Waals surface area contributed by atoms with E-state index in [9.17, 15) is 9.59 Å². The molecular weight excluding hydrogens is 266 g/mol. The zero-order valence-corrected chi connectivity index (χ0v) is 12.2. The first-order valence-corrected chi connectivity index (χ1v) is 7.90. The van der Waals surface area contributed by atoms with Gasteiger partial charge in [-0.3, -0.25) is 9.59 Å². The maximum atomic E-state index is 12.3. The maximum absolute atomic E-state index is 12.3. The molecule has 5 heteroatoms. The van der Waals surface area contributed by atoms with Gasteiger partial charge in [0.15, 0.2) is 0 Å². The van der Waals surface area contributed by atoms with E-state index in [1.165, 1.54) is 6.07 Å². The minimum Gasteiger partial charge on any atom is -0.349 e. The van der Waals surface area contributed by atoms with Gasteiger partial charge in [0.2, 0.25) is 11.5 Å². The van der Waals surface area contributed by atoms with Crippen LogP contribution in [-0.2, 0) is 11.2 Å². The summed E-state index contributed by atoms with van der Waals surface area (Å²) >= 11 is 0. The number of rotatable bonds is 3. The van der Waals surface area contributed by atoms with Crippen molar-refractivity contribution in [3.8, 4) is 0 Å². The molecule has 0 saturated heterocycles. The van der Waals surface area contributed by atoms with Gasteiger partial charge in [-0.1, -0.05) is 6.42 Å². The van der Waals surface area contributed by atoms with E-state index in [0.717, 1.165) is 49.8 Å². The maximum Gasteiger partial charge on any atom is 0.248 e. The van der Waals surface area contributed by atoms with Crippen LogP contribution in [0.25, 0.3) is 0 Å². The molecule has 1 fully saturated rings. The molecule has 1 aromatic heterocycles. The zero-order valence-electron chi connectivity index (χ0n) is 12.2. The Kier molecular flexibility index (Phi) is 4.10. The van der Waals surface area contributed by atoms with Crippen LogP contribution in [0.15, 0.2) is 16.9 Å². The molecular formula is C16H23N3O2. The summed E-state index contributed by atoms with van der Waals surface area (Å²) in [6.45, 7) is 0. The topological polar surface area (TPSA) is 88.0 Å². The van der Waals surface area contributed by atoms with Crippen LogP contribution in [0.5, 0.6) is 0 Å². The molecule has 1 aromatic rings. The molecule has 0 bridgehead atoms. The number of nitrogens with one attached hydrogen (secondary N) is 2. The lowest BCUT2D eigenvalue weighted by Crippen LogP contribution is -2.35. The fraction of sp³-hybridized carbons (Fsp3) is 0.625. The first kappa shape index (κ1) is 14.3. The lowest BCUT2D eigenvalue weighted by atomic mass is 9.90. The van der Waals surface area contributed by atoms with E-state index in [-0.39, 0.29) is 23.6 Å². The second-order valence-corrected chi connectivity index (χ2v) is 6.33. The summed E-state index contributed by atoms with van der Waals surface area (Å²) in [7, 11) is 0. The SMILES string of the molecule is N[C@@H]1CCC[C@H]1CC(=O)NC1CCCc2[nH]c(=O)ccc21. The molecule has 2 aliphatic rings.